The number of phenolic OH excluding ortho intramolecular Hbond substituents is 3. The van der Waals surface area contributed by atoms with Gasteiger partial charge < -0.3 is 20.1 Å². The number of aromatic hydroxyl groups is 3. The van der Waals surface area contributed by atoms with Gasteiger partial charge in [0.2, 0.25) is 0 Å². The molecule has 12 fully saturated rings. The molecular formula is C97H124O8. The van der Waals surface area contributed by atoms with Gasteiger partial charge in [0.15, 0.2) is 0 Å². The van der Waals surface area contributed by atoms with Crippen LogP contribution in [-0.2, 0) is 66.5 Å². The molecule has 0 aromatic heterocycles. The molecule has 21 atom stereocenters. The Morgan fingerprint density at radius 2 is 0.771 bits per heavy atom. The molecule has 20 rings (SSSR count). The number of aryl methyl sites for hydroxylation is 3. The second-order valence-electron chi connectivity index (χ2n) is 40.2. The van der Waals surface area contributed by atoms with E-state index in [9.17, 15) is 34.5 Å². The molecule has 9 unspecified atom stereocenters. The monoisotopic (exact) mass is 1420 g/mol. The summed E-state index contributed by atoms with van der Waals surface area (Å²) in [5.41, 5.74) is 13.9. The van der Waals surface area contributed by atoms with Crippen LogP contribution in [0.2, 0.25) is 0 Å². The molecule has 105 heavy (non-hydrogen) atoms. The number of fused-ring (bicyclic) bond motifs is 16. The van der Waals surface area contributed by atoms with Crippen LogP contribution in [-0.4, -0.2) is 45.1 Å². The van der Waals surface area contributed by atoms with Gasteiger partial charge in [-0.2, -0.15) is 0 Å². The highest BCUT2D eigenvalue weighted by Gasteiger charge is 2.74. The lowest BCUT2D eigenvalue weighted by atomic mass is 9.45. The fraction of sp³-hybridized carbons (Fsp3) is 0.649. The Balaban J connectivity index is 0.000000103. The Hall–Kier alpha value is -6.02. The van der Waals surface area contributed by atoms with Gasteiger partial charge in [-0.25, -0.2) is 0 Å². The van der Waals surface area contributed by atoms with Crippen molar-refractivity contribution in [2.75, 3.05) is 6.61 Å². The van der Waals surface area contributed by atoms with E-state index in [0.717, 1.165) is 146 Å². The first kappa shape index (κ1) is 71.9. The van der Waals surface area contributed by atoms with E-state index in [2.05, 4.69) is 112 Å². The summed E-state index contributed by atoms with van der Waals surface area (Å²) in [5.74, 6) is 9.63. The fourth-order valence-electron chi connectivity index (χ4n) is 31.8. The maximum Gasteiger partial charge on any atom is 0.139 e. The van der Waals surface area contributed by atoms with Crippen LogP contribution in [0.1, 0.15) is 298 Å². The average molecular weight is 1420 g/mol. The van der Waals surface area contributed by atoms with Crippen LogP contribution in [0.4, 0.5) is 0 Å². The number of hydrogen-bond donors (Lipinski definition) is 3. The summed E-state index contributed by atoms with van der Waals surface area (Å²) in [7, 11) is 0. The van der Waals surface area contributed by atoms with Crippen LogP contribution < -0.4 is 4.74 Å². The molecule has 12 saturated carbocycles. The Labute approximate surface area is 628 Å². The minimum absolute atomic E-state index is 0.00168. The molecule has 0 saturated heterocycles. The zero-order chi connectivity index (χ0) is 73.7. The number of carbonyl (C=O) groups is 4. The summed E-state index contributed by atoms with van der Waals surface area (Å²) in [6, 6.07) is 23.0. The van der Waals surface area contributed by atoms with Crippen LogP contribution in [0, 0.1) is 90.7 Å². The summed E-state index contributed by atoms with van der Waals surface area (Å²) in [5, 5.41) is 30.4. The van der Waals surface area contributed by atoms with E-state index in [1.54, 1.807) is 6.08 Å². The van der Waals surface area contributed by atoms with Gasteiger partial charge >= 0.3 is 0 Å². The third kappa shape index (κ3) is 9.64. The largest absolute Gasteiger partial charge is 0.508 e. The molecule has 16 aliphatic rings. The summed E-state index contributed by atoms with van der Waals surface area (Å²) in [6.45, 7) is 31.6. The molecular weight excluding hydrogens is 1290 g/mol. The summed E-state index contributed by atoms with van der Waals surface area (Å²) < 4.78 is 5.78. The predicted molar refractivity (Wildman–Crippen MR) is 418 cm³/mol. The summed E-state index contributed by atoms with van der Waals surface area (Å²) in [4.78, 5) is 52.6. The van der Waals surface area contributed by atoms with Crippen molar-refractivity contribution in [3.8, 4) is 23.0 Å². The molecule has 560 valence electrons. The second-order valence-corrected chi connectivity index (χ2v) is 40.2. The molecule has 16 aliphatic carbocycles. The van der Waals surface area contributed by atoms with Crippen LogP contribution >= 0.6 is 0 Å². The molecule has 4 aromatic rings. The molecule has 8 nitrogen and oxygen atoms in total. The first-order valence-corrected chi connectivity index (χ1v) is 42.3. The van der Waals surface area contributed by atoms with Crippen molar-refractivity contribution in [3.05, 3.63) is 155 Å². The summed E-state index contributed by atoms with van der Waals surface area (Å²) in [6.07, 6.45) is 41.8. The van der Waals surface area contributed by atoms with Crippen molar-refractivity contribution in [3.63, 3.8) is 0 Å². The lowest BCUT2D eigenvalue weighted by Crippen LogP contribution is -2.55. The minimum atomic E-state index is -0.0513. The number of ether oxygens (including phenoxy) is 1. The number of allylic oxidation sites excluding steroid dienone is 2. The number of hydrogen-bond acceptors (Lipinski definition) is 8. The van der Waals surface area contributed by atoms with Crippen LogP contribution in [0.3, 0.4) is 0 Å². The van der Waals surface area contributed by atoms with Crippen LogP contribution in [0.25, 0.3) is 0 Å². The normalized spacial score (nSPS) is 43.8. The molecule has 0 aliphatic heterocycles. The van der Waals surface area contributed by atoms with E-state index in [0.29, 0.717) is 107 Å². The Morgan fingerprint density at radius 1 is 0.381 bits per heavy atom. The molecule has 0 heterocycles. The first-order valence-electron chi connectivity index (χ1n) is 42.3. The van der Waals surface area contributed by atoms with E-state index in [1.807, 2.05) is 42.5 Å². The first-order chi connectivity index (χ1) is 50.1. The summed E-state index contributed by atoms with van der Waals surface area (Å²) >= 11 is 0. The molecule has 4 spiro atoms. The molecule has 0 amide bonds. The third-order valence-electron chi connectivity index (χ3n) is 37.1. The highest BCUT2D eigenvalue weighted by Crippen LogP contribution is 2.78. The second kappa shape index (κ2) is 24.7. The van der Waals surface area contributed by atoms with Gasteiger partial charge in [0, 0.05) is 47.3 Å². The third-order valence-corrected chi connectivity index (χ3v) is 37.1. The van der Waals surface area contributed by atoms with Crippen molar-refractivity contribution in [1.29, 1.82) is 0 Å². The van der Waals surface area contributed by atoms with Gasteiger partial charge in [-0.3, -0.25) is 19.2 Å². The van der Waals surface area contributed by atoms with Crippen molar-refractivity contribution in [1.82, 2.24) is 0 Å². The molecule has 0 bridgehead atoms. The molecule has 4 aromatic carbocycles. The topological polar surface area (TPSA) is 138 Å². The van der Waals surface area contributed by atoms with Crippen LogP contribution in [0.5, 0.6) is 23.0 Å². The Morgan fingerprint density at radius 3 is 1.21 bits per heavy atom. The number of Topliss-reactive ketones (excluding diaryl/α,β-unsaturated/α-hetero) is 4. The van der Waals surface area contributed by atoms with E-state index in [-0.39, 0.29) is 65.0 Å². The van der Waals surface area contributed by atoms with Gasteiger partial charge in [0.1, 0.15) is 52.7 Å². The number of rotatable bonds is 7. The van der Waals surface area contributed by atoms with E-state index in [1.165, 1.54) is 115 Å². The Bertz CT molecular complexity index is 4290. The lowest BCUT2D eigenvalue weighted by Gasteiger charge is -2.58. The van der Waals surface area contributed by atoms with Gasteiger partial charge in [0.25, 0.3) is 0 Å². The SMILES string of the molecule is C=CCC1CC2C3CC[C@@]4(C)CCC(=O)[C@@]34CC[C@]2(C)c2ccc(O)cc21.C=CCOc1ccc2c(c1)CCC1C3CC[C@@]4(C)CCC(=O)[C@@]34CC[C@]21C.C=CCc1cc2c(cc1O)CCC1C3CC[C@@]4(C)CCC(=O)[C@@]34CC[C@]21C.C[C@]12CCC(=O)[C@]13CC[C@]1(C)c4ccc(O)cc4CCC1C3CC2. The van der Waals surface area contributed by atoms with Gasteiger partial charge in [-0.15, -0.1) is 13.2 Å². The number of ketones is 4. The number of carbonyl (C=O) groups excluding carboxylic acids is 4. The Kier molecular flexibility index (Phi) is 16.9. The molecule has 0 radical (unpaired) electrons. The smallest absolute Gasteiger partial charge is 0.139 e. The van der Waals surface area contributed by atoms with E-state index >= 15 is 0 Å². The predicted octanol–water partition coefficient (Wildman–Crippen LogP) is 21.8. The van der Waals surface area contributed by atoms with Crippen molar-refractivity contribution >= 4 is 23.1 Å². The zero-order valence-corrected chi connectivity index (χ0v) is 65.3. The number of benzene rings is 4. The van der Waals surface area contributed by atoms with Gasteiger partial charge in [0.05, 0.1) is 0 Å². The molecule has 8 heteroatoms. The highest BCUT2D eigenvalue weighted by molar-refractivity contribution is 5.91. The van der Waals surface area contributed by atoms with Crippen LogP contribution in [0.15, 0.2) is 105 Å². The van der Waals surface area contributed by atoms with Crippen molar-refractivity contribution < 1.29 is 39.2 Å². The lowest BCUT2D eigenvalue weighted by molar-refractivity contribution is -0.140. The van der Waals surface area contributed by atoms with Crippen molar-refractivity contribution in [2.24, 2.45) is 90.7 Å². The quantitative estimate of drug-likeness (QED) is 0.156. The standard InChI is InChI=1S/3C25H32O2.C22H28O2/c1-4-15-27-18-6-8-19-17(16-18)5-7-20-21-9-11-23(2)12-10-22(26)25(21,23)14-13-24(19,20)3;1-4-5-17-14-20-16(15-21(17)26)6-7-18-19-8-10-23(2)11-9-22(27)25(19,23)13-12-24(18,20)3;1-4-5-16-14-21-20-8-10-23(2)11-9-22(27)25(20,23)13-12-24(21,3)19-7-6-17(26)15-18(16)19;1-20-9-7-18-17-5-3-14-13-15(23)4-6-16(14)21(17,2)11-12-22(18,20)19(24)8-10-20/h4,6,8,16,20-21H,1,5,7,9-15H2,2-3H3;4,14-15,18-19,26H,1,5-13H2,2-3H3;4,6-7,15-16,20-21,26H,1,5,8-14H2,2-3H3;4,6,13,17-18,23H,3,5,7-12H2,1-2H3/t20?,21?,23-,24+,25+;18?,19?,23-,24-,25+;16?,20?,21?,23-,24+,25+;17?,18?,20-,21+,22+/m0000/s1. The maximum atomic E-state index is 13.2. The van der Waals surface area contributed by atoms with Gasteiger partial charge in [-0.05, 0) is 375 Å². The highest BCUT2D eigenvalue weighted by atomic mass is 16.5. The van der Waals surface area contributed by atoms with Gasteiger partial charge in [-0.1, -0.05) is 104 Å². The van der Waals surface area contributed by atoms with Crippen molar-refractivity contribution in [2.45, 2.75) is 295 Å². The minimum Gasteiger partial charge on any atom is -0.508 e. The van der Waals surface area contributed by atoms with E-state index in [4.69, 9.17) is 4.74 Å². The molecule has 3 N–H and O–H groups in total. The van der Waals surface area contributed by atoms with E-state index < -0.39 is 0 Å². The fourth-order valence-corrected chi connectivity index (χ4v) is 31.8. The number of phenols is 3. The maximum absolute atomic E-state index is 13.2. The zero-order valence-electron chi connectivity index (χ0n) is 65.3. The average Bonchev–Trinajstić information content (AvgIpc) is 1.60.